The van der Waals surface area contributed by atoms with Crippen molar-refractivity contribution in [1.29, 1.82) is 0 Å². The number of benzene rings is 1. The van der Waals surface area contributed by atoms with Gasteiger partial charge in [0.2, 0.25) is 15.9 Å². The molecule has 0 aliphatic heterocycles. The lowest BCUT2D eigenvalue weighted by Crippen LogP contribution is -2.30. The second-order valence-corrected chi connectivity index (χ2v) is 8.25. The molecule has 0 radical (unpaired) electrons. The van der Waals surface area contributed by atoms with E-state index in [0.29, 0.717) is 6.54 Å². The van der Waals surface area contributed by atoms with Crippen molar-refractivity contribution in [3.05, 3.63) is 65.9 Å². The van der Waals surface area contributed by atoms with Crippen molar-refractivity contribution in [3.63, 3.8) is 0 Å². The van der Waals surface area contributed by atoms with Gasteiger partial charge in [-0.05, 0) is 12.1 Å². The molecule has 0 saturated heterocycles. The number of pyridine rings is 1. The van der Waals surface area contributed by atoms with Crippen LogP contribution in [0.5, 0.6) is 0 Å². The van der Waals surface area contributed by atoms with Gasteiger partial charge in [-0.25, -0.2) is 18.1 Å². The molecule has 0 spiro atoms. The number of rotatable bonds is 8. The van der Waals surface area contributed by atoms with Crippen molar-refractivity contribution >= 4 is 27.3 Å². The standard InChI is InChI=1S/C18H18N4O3S2/c23-17(8-10-21-27(24,25)16-7-4-9-19-12-16)20-11-15-13-26-18(22-15)14-5-2-1-3-6-14/h1-7,9,12-13,21H,8,10-11H2,(H,20,23). The molecule has 1 aromatic carbocycles. The van der Waals surface area contributed by atoms with E-state index < -0.39 is 10.0 Å². The van der Waals surface area contributed by atoms with Gasteiger partial charge in [0.15, 0.2) is 0 Å². The van der Waals surface area contributed by atoms with E-state index in [-0.39, 0.29) is 23.8 Å². The Balaban J connectivity index is 1.45. The first-order valence-corrected chi connectivity index (χ1v) is 10.6. The first-order valence-electron chi connectivity index (χ1n) is 8.21. The number of nitrogens with one attached hydrogen (secondary N) is 2. The summed E-state index contributed by atoms with van der Waals surface area (Å²) in [6.07, 6.45) is 2.79. The zero-order valence-electron chi connectivity index (χ0n) is 14.3. The number of hydrogen-bond acceptors (Lipinski definition) is 6. The lowest BCUT2D eigenvalue weighted by molar-refractivity contribution is -0.121. The summed E-state index contributed by atoms with van der Waals surface area (Å²) in [5.41, 5.74) is 1.80. The third-order valence-corrected chi connectivity index (χ3v) is 6.01. The number of carbonyl (C=O) groups is 1. The molecule has 0 unspecified atom stereocenters. The van der Waals surface area contributed by atoms with Crippen LogP contribution in [0.15, 0.2) is 65.1 Å². The van der Waals surface area contributed by atoms with Crippen molar-refractivity contribution in [2.75, 3.05) is 6.54 Å². The fraction of sp³-hybridized carbons (Fsp3) is 0.167. The van der Waals surface area contributed by atoms with Crippen LogP contribution in [-0.2, 0) is 21.4 Å². The van der Waals surface area contributed by atoms with Gasteiger partial charge >= 0.3 is 0 Å². The molecule has 2 heterocycles. The number of aromatic nitrogens is 2. The molecular formula is C18H18N4O3S2. The summed E-state index contributed by atoms with van der Waals surface area (Å²) in [6, 6.07) is 12.8. The SMILES string of the molecule is O=C(CCNS(=O)(=O)c1cccnc1)NCc1csc(-c2ccccc2)n1. The summed E-state index contributed by atoms with van der Waals surface area (Å²) in [4.78, 5) is 20.3. The van der Waals surface area contributed by atoms with Gasteiger partial charge in [0.25, 0.3) is 0 Å². The Bertz CT molecular complexity index is 990. The Labute approximate surface area is 161 Å². The van der Waals surface area contributed by atoms with E-state index in [2.05, 4.69) is 20.0 Å². The molecule has 0 atom stereocenters. The summed E-state index contributed by atoms with van der Waals surface area (Å²) in [5.74, 6) is -0.252. The fourth-order valence-electron chi connectivity index (χ4n) is 2.27. The molecular weight excluding hydrogens is 384 g/mol. The van der Waals surface area contributed by atoms with Gasteiger partial charge in [0.05, 0.1) is 12.2 Å². The summed E-state index contributed by atoms with van der Waals surface area (Å²) >= 11 is 1.51. The monoisotopic (exact) mass is 402 g/mol. The molecule has 0 aliphatic carbocycles. The first kappa shape index (κ1) is 19.2. The number of hydrogen-bond donors (Lipinski definition) is 2. The van der Waals surface area contributed by atoms with Crippen LogP contribution in [0.1, 0.15) is 12.1 Å². The van der Waals surface area contributed by atoms with E-state index in [0.717, 1.165) is 16.3 Å². The van der Waals surface area contributed by atoms with E-state index in [1.807, 2.05) is 35.7 Å². The summed E-state index contributed by atoms with van der Waals surface area (Å²) in [7, 11) is -3.65. The highest BCUT2D eigenvalue weighted by molar-refractivity contribution is 7.89. The van der Waals surface area contributed by atoms with Gasteiger partial charge in [-0.3, -0.25) is 9.78 Å². The normalized spacial score (nSPS) is 11.3. The second kappa shape index (κ2) is 8.85. The highest BCUT2D eigenvalue weighted by atomic mass is 32.2. The number of carbonyl (C=O) groups excluding carboxylic acids is 1. The molecule has 0 aliphatic rings. The lowest BCUT2D eigenvalue weighted by Gasteiger charge is -2.06. The number of nitrogens with zero attached hydrogens (tertiary/aromatic N) is 2. The van der Waals surface area contributed by atoms with Crippen LogP contribution in [0.4, 0.5) is 0 Å². The van der Waals surface area contributed by atoms with E-state index >= 15 is 0 Å². The van der Waals surface area contributed by atoms with Gasteiger partial charge in [-0.15, -0.1) is 11.3 Å². The third-order valence-electron chi connectivity index (χ3n) is 3.63. The summed E-state index contributed by atoms with van der Waals surface area (Å²) in [6.45, 7) is 0.312. The molecule has 3 aromatic rings. The van der Waals surface area contributed by atoms with Crippen LogP contribution < -0.4 is 10.0 Å². The Kier molecular flexibility index (Phi) is 6.28. The van der Waals surface area contributed by atoms with Crippen LogP contribution in [0.25, 0.3) is 10.6 Å². The van der Waals surface area contributed by atoms with Gasteiger partial charge < -0.3 is 5.32 Å². The van der Waals surface area contributed by atoms with E-state index in [1.165, 1.54) is 29.8 Å². The smallest absolute Gasteiger partial charge is 0.242 e. The number of amides is 1. The minimum Gasteiger partial charge on any atom is -0.350 e. The summed E-state index contributed by atoms with van der Waals surface area (Å²) in [5, 5.41) is 5.54. The van der Waals surface area contributed by atoms with E-state index in [4.69, 9.17) is 0 Å². The van der Waals surface area contributed by atoms with Gasteiger partial charge in [0.1, 0.15) is 9.90 Å². The Morgan fingerprint density at radius 2 is 1.93 bits per heavy atom. The maximum atomic E-state index is 12.0. The van der Waals surface area contributed by atoms with Crippen molar-refractivity contribution < 1.29 is 13.2 Å². The molecule has 1 amide bonds. The minimum atomic E-state index is -3.65. The maximum Gasteiger partial charge on any atom is 0.242 e. The largest absolute Gasteiger partial charge is 0.350 e. The van der Waals surface area contributed by atoms with Crippen LogP contribution in [0.3, 0.4) is 0 Å². The maximum absolute atomic E-state index is 12.0. The summed E-state index contributed by atoms with van der Waals surface area (Å²) < 4.78 is 26.5. The van der Waals surface area contributed by atoms with Crippen molar-refractivity contribution in [1.82, 2.24) is 20.0 Å². The molecule has 2 aromatic heterocycles. The lowest BCUT2D eigenvalue weighted by atomic mass is 10.2. The topological polar surface area (TPSA) is 101 Å². The van der Waals surface area contributed by atoms with Crippen LogP contribution in [-0.4, -0.2) is 30.8 Å². The molecule has 0 fully saturated rings. The Hall–Kier alpha value is -2.62. The quantitative estimate of drug-likeness (QED) is 0.601. The van der Waals surface area contributed by atoms with Gasteiger partial charge in [-0.2, -0.15) is 0 Å². The average Bonchev–Trinajstić information content (AvgIpc) is 3.17. The molecule has 7 nitrogen and oxygen atoms in total. The predicted octanol–water partition coefficient (Wildman–Crippen LogP) is 2.19. The zero-order chi connectivity index (χ0) is 19.1. The number of sulfonamides is 1. The van der Waals surface area contributed by atoms with Crippen molar-refractivity contribution in [2.45, 2.75) is 17.9 Å². The van der Waals surface area contributed by atoms with Crippen LogP contribution in [0.2, 0.25) is 0 Å². The molecule has 2 N–H and O–H groups in total. The second-order valence-electron chi connectivity index (χ2n) is 5.62. The fourth-order valence-corrected chi connectivity index (χ4v) is 4.09. The van der Waals surface area contributed by atoms with E-state index in [9.17, 15) is 13.2 Å². The first-order chi connectivity index (χ1) is 13.0. The molecule has 3 rings (SSSR count). The Morgan fingerprint density at radius 3 is 2.67 bits per heavy atom. The highest BCUT2D eigenvalue weighted by Gasteiger charge is 2.14. The zero-order valence-corrected chi connectivity index (χ0v) is 16.0. The van der Waals surface area contributed by atoms with Crippen molar-refractivity contribution in [3.8, 4) is 10.6 Å². The number of thiazole rings is 1. The highest BCUT2D eigenvalue weighted by Crippen LogP contribution is 2.23. The average molecular weight is 403 g/mol. The third kappa shape index (κ3) is 5.43. The molecule has 9 heteroatoms. The van der Waals surface area contributed by atoms with E-state index in [1.54, 1.807) is 6.07 Å². The Morgan fingerprint density at radius 1 is 1.11 bits per heavy atom. The van der Waals surface area contributed by atoms with Crippen molar-refractivity contribution in [2.24, 2.45) is 0 Å². The van der Waals surface area contributed by atoms with Crippen LogP contribution in [0, 0.1) is 0 Å². The minimum absolute atomic E-state index is 0.00932. The van der Waals surface area contributed by atoms with Gasteiger partial charge in [0, 0.05) is 36.3 Å². The molecule has 140 valence electrons. The molecule has 0 saturated carbocycles. The van der Waals surface area contributed by atoms with Crippen LogP contribution >= 0.6 is 11.3 Å². The molecule has 27 heavy (non-hydrogen) atoms. The predicted molar refractivity (Wildman–Crippen MR) is 103 cm³/mol. The van der Waals surface area contributed by atoms with Gasteiger partial charge in [-0.1, -0.05) is 30.3 Å². The molecule has 0 bridgehead atoms.